The molecular formula is C13H28N2O. The molecule has 16 heavy (non-hydrogen) atoms. The predicted molar refractivity (Wildman–Crippen MR) is 69.4 cm³/mol. The molecule has 1 N–H and O–H groups in total. The number of nitrogens with zero attached hydrogens (tertiary/aromatic N) is 1. The van der Waals surface area contributed by atoms with E-state index >= 15 is 0 Å². The topological polar surface area (TPSA) is 32.3 Å². The van der Waals surface area contributed by atoms with Crippen molar-refractivity contribution in [2.75, 3.05) is 13.1 Å². The van der Waals surface area contributed by atoms with Crippen LogP contribution in [0.4, 0.5) is 0 Å². The zero-order valence-electron chi connectivity index (χ0n) is 11.7. The number of hydrogen-bond acceptors (Lipinski definition) is 2. The van der Waals surface area contributed by atoms with Gasteiger partial charge in [0.2, 0.25) is 5.91 Å². The largest absolute Gasteiger partial charge is 0.342 e. The van der Waals surface area contributed by atoms with Crippen molar-refractivity contribution in [3.63, 3.8) is 0 Å². The average molecular weight is 228 g/mol. The number of amides is 1. The van der Waals surface area contributed by atoms with Crippen LogP contribution in [0.25, 0.3) is 0 Å². The molecule has 96 valence electrons. The van der Waals surface area contributed by atoms with Crippen molar-refractivity contribution in [1.29, 1.82) is 0 Å². The Morgan fingerprint density at radius 1 is 1.12 bits per heavy atom. The van der Waals surface area contributed by atoms with Crippen molar-refractivity contribution in [3.05, 3.63) is 0 Å². The summed E-state index contributed by atoms with van der Waals surface area (Å²) in [5, 5.41) is 3.37. The molecule has 3 heteroatoms. The Bertz CT molecular complexity index is 200. The highest BCUT2D eigenvalue weighted by Gasteiger charge is 2.19. The maximum absolute atomic E-state index is 12.0. The molecule has 0 heterocycles. The second kappa shape index (κ2) is 7.66. The van der Waals surface area contributed by atoms with Gasteiger partial charge in [-0.2, -0.15) is 0 Å². The fraction of sp³-hybridized carbons (Fsp3) is 0.923. The van der Waals surface area contributed by atoms with Crippen molar-refractivity contribution in [2.24, 2.45) is 5.92 Å². The second-order valence-electron chi connectivity index (χ2n) is 4.93. The summed E-state index contributed by atoms with van der Waals surface area (Å²) in [7, 11) is 0. The van der Waals surface area contributed by atoms with Gasteiger partial charge in [0.1, 0.15) is 0 Å². The molecule has 0 aromatic heterocycles. The zero-order valence-corrected chi connectivity index (χ0v) is 11.7. The Hall–Kier alpha value is -0.570. The lowest BCUT2D eigenvalue weighted by Crippen LogP contribution is -2.47. The summed E-state index contributed by atoms with van der Waals surface area (Å²) in [6.07, 6.45) is 1.11. The molecule has 0 fully saturated rings. The number of nitrogens with one attached hydrogen (secondary N) is 1. The minimum Gasteiger partial charge on any atom is -0.342 e. The summed E-state index contributed by atoms with van der Waals surface area (Å²) in [6.45, 7) is 14.1. The smallest absolute Gasteiger partial charge is 0.239 e. The van der Waals surface area contributed by atoms with E-state index in [4.69, 9.17) is 0 Å². The second-order valence-corrected chi connectivity index (χ2v) is 4.93. The minimum atomic E-state index is -0.0753. The first-order valence-electron chi connectivity index (χ1n) is 6.47. The first-order valence-corrected chi connectivity index (χ1v) is 6.47. The molecule has 0 aliphatic heterocycles. The van der Waals surface area contributed by atoms with Gasteiger partial charge in [0.15, 0.2) is 0 Å². The predicted octanol–water partition coefficient (Wildman–Crippen LogP) is 2.27. The monoisotopic (exact) mass is 228 g/mol. The van der Waals surface area contributed by atoms with Crippen LogP contribution >= 0.6 is 0 Å². The number of carbonyl (C=O) groups is 1. The van der Waals surface area contributed by atoms with E-state index in [9.17, 15) is 4.79 Å². The van der Waals surface area contributed by atoms with Crippen LogP contribution in [0.15, 0.2) is 0 Å². The van der Waals surface area contributed by atoms with E-state index in [-0.39, 0.29) is 11.9 Å². The van der Waals surface area contributed by atoms with Crippen LogP contribution in [-0.4, -0.2) is 36.0 Å². The fourth-order valence-corrected chi connectivity index (χ4v) is 2.08. The fourth-order valence-electron chi connectivity index (χ4n) is 2.08. The minimum absolute atomic E-state index is 0.0753. The van der Waals surface area contributed by atoms with Gasteiger partial charge in [-0.15, -0.1) is 0 Å². The normalized spacial score (nSPS) is 14.9. The van der Waals surface area contributed by atoms with E-state index in [1.54, 1.807) is 0 Å². The van der Waals surface area contributed by atoms with Gasteiger partial charge in [0.25, 0.3) is 0 Å². The Balaban J connectivity index is 4.13. The van der Waals surface area contributed by atoms with Crippen molar-refractivity contribution < 1.29 is 4.79 Å². The van der Waals surface area contributed by atoms with Gasteiger partial charge >= 0.3 is 0 Å². The highest BCUT2D eigenvalue weighted by atomic mass is 16.2. The van der Waals surface area contributed by atoms with Crippen molar-refractivity contribution >= 4 is 5.91 Å². The van der Waals surface area contributed by atoms with Gasteiger partial charge in [-0.3, -0.25) is 4.79 Å². The van der Waals surface area contributed by atoms with Crippen LogP contribution in [0.5, 0.6) is 0 Å². The SMILES string of the molecule is CCN(CC)C(=O)C(C)NC(C)CC(C)C. The van der Waals surface area contributed by atoms with E-state index in [2.05, 4.69) is 26.1 Å². The first kappa shape index (κ1) is 15.4. The quantitative estimate of drug-likeness (QED) is 0.725. The lowest BCUT2D eigenvalue weighted by atomic mass is 10.0. The number of carbonyl (C=O) groups excluding carboxylic acids is 1. The molecule has 0 aliphatic rings. The molecule has 2 unspecified atom stereocenters. The maximum atomic E-state index is 12.0. The lowest BCUT2D eigenvalue weighted by molar-refractivity contribution is -0.132. The van der Waals surface area contributed by atoms with Crippen LogP contribution in [0.3, 0.4) is 0 Å². The third kappa shape index (κ3) is 5.50. The molecule has 0 aromatic rings. The molecule has 0 aromatic carbocycles. The molecule has 0 spiro atoms. The Kier molecular flexibility index (Phi) is 7.39. The maximum Gasteiger partial charge on any atom is 0.239 e. The van der Waals surface area contributed by atoms with Crippen LogP contribution in [-0.2, 0) is 4.79 Å². The summed E-state index contributed by atoms with van der Waals surface area (Å²) in [5.74, 6) is 0.874. The molecule has 0 saturated heterocycles. The zero-order chi connectivity index (χ0) is 12.7. The summed E-state index contributed by atoms with van der Waals surface area (Å²) >= 11 is 0. The van der Waals surface area contributed by atoms with Crippen LogP contribution in [0.2, 0.25) is 0 Å². The van der Waals surface area contributed by atoms with Gasteiger partial charge in [-0.25, -0.2) is 0 Å². The lowest BCUT2D eigenvalue weighted by Gasteiger charge is -2.26. The molecule has 1 amide bonds. The molecule has 0 radical (unpaired) electrons. The summed E-state index contributed by atoms with van der Waals surface area (Å²) in [6, 6.07) is 0.322. The molecule has 3 nitrogen and oxygen atoms in total. The van der Waals surface area contributed by atoms with Crippen molar-refractivity contribution in [2.45, 2.75) is 60.0 Å². The van der Waals surface area contributed by atoms with E-state index in [1.807, 2.05) is 25.7 Å². The molecule has 0 bridgehead atoms. The molecule has 0 aliphatic carbocycles. The van der Waals surface area contributed by atoms with Crippen molar-refractivity contribution in [3.8, 4) is 0 Å². The molecule has 0 rings (SSSR count). The van der Waals surface area contributed by atoms with Gasteiger partial charge < -0.3 is 10.2 Å². The van der Waals surface area contributed by atoms with E-state index in [0.29, 0.717) is 12.0 Å². The van der Waals surface area contributed by atoms with Gasteiger partial charge in [0, 0.05) is 19.1 Å². The van der Waals surface area contributed by atoms with E-state index in [1.165, 1.54) is 0 Å². The van der Waals surface area contributed by atoms with Crippen LogP contribution < -0.4 is 5.32 Å². The van der Waals surface area contributed by atoms with Gasteiger partial charge in [-0.05, 0) is 40.0 Å². The average Bonchev–Trinajstić information content (AvgIpc) is 2.17. The standard InChI is InChI=1S/C13H28N2O/c1-7-15(8-2)13(16)12(6)14-11(5)9-10(3)4/h10-12,14H,7-9H2,1-6H3. The third-order valence-corrected chi connectivity index (χ3v) is 2.81. The molecule has 2 atom stereocenters. The number of likely N-dealkylation sites (N-methyl/N-ethyl adjacent to an activating group) is 1. The summed E-state index contributed by atoms with van der Waals surface area (Å²) < 4.78 is 0. The Labute approximate surface area is 101 Å². The van der Waals surface area contributed by atoms with Crippen LogP contribution in [0.1, 0.15) is 48.0 Å². The van der Waals surface area contributed by atoms with Gasteiger partial charge in [-0.1, -0.05) is 13.8 Å². The Morgan fingerprint density at radius 2 is 1.62 bits per heavy atom. The van der Waals surface area contributed by atoms with Crippen molar-refractivity contribution in [1.82, 2.24) is 10.2 Å². The first-order chi connectivity index (χ1) is 7.42. The third-order valence-electron chi connectivity index (χ3n) is 2.81. The molecular weight excluding hydrogens is 200 g/mol. The highest BCUT2D eigenvalue weighted by molar-refractivity contribution is 5.81. The van der Waals surface area contributed by atoms with Gasteiger partial charge in [0.05, 0.1) is 6.04 Å². The number of rotatable bonds is 7. The molecule has 0 saturated carbocycles. The van der Waals surface area contributed by atoms with Crippen LogP contribution in [0, 0.1) is 5.92 Å². The summed E-state index contributed by atoms with van der Waals surface area (Å²) in [4.78, 5) is 13.9. The summed E-state index contributed by atoms with van der Waals surface area (Å²) in [5.41, 5.74) is 0. The Morgan fingerprint density at radius 3 is 2.00 bits per heavy atom. The van der Waals surface area contributed by atoms with E-state index < -0.39 is 0 Å². The van der Waals surface area contributed by atoms with E-state index in [0.717, 1.165) is 19.5 Å². The highest BCUT2D eigenvalue weighted by Crippen LogP contribution is 2.05. The number of hydrogen-bond donors (Lipinski definition) is 1.